The molecular weight excluding hydrogens is 228 g/mol. The molecular formula is C13H24N4O. The van der Waals surface area contributed by atoms with Crippen LogP contribution in [0.3, 0.4) is 0 Å². The molecule has 5 nitrogen and oxygen atoms in total. The Morgan fingerprint density at radius 3 is 2.50 bits per heavy atom. The lowest BCUT2D eigenvalue weighted by Crippen LogP contribution is -2.47. The number of ether oxygens (including phenoxy) is 1. The SMILES string of the molecule is N=C/C(N)=C\NC1CCN(C2CCOCC2)CC1. The van der Waals surface area contributed by atoms with E-state index in [1.165, 1.54) is 19.1 Å². The van der Waals surface area contributed by atoms with E-state index in [1.807, 2.05) is 0 Å². The number of hydrogen-bond acceptors (Lipinski definition) is 5. The van der Waals surface area contributed by atoms with Gasteiger partial charge in [-0.05, 0) is 25.7 Å². The van der Waals surface area contributed by atoms with Crippen LogP contribution < -0.4 is 11.1 Å². The van der Waals surface area contributed by atoms with Crippen molar-refractivity contribution >= 4 is 6.21 Å². The monoisotopic (exact) mass is 252 g/mol. The zero-order chi connectivity index (χ0) is 12.8. The van der Waals surface area contributed by atoms with E-state index in [1.54, 1.807) is 6.20 Å². The van der Waals surface area contributed by atoms with Gasteiger partial charge >= 0.3 is 0 Å². The molecule has 0 aromatic carbocycles. The highest BCUT2D eigenvalue weighted by atomic mass is 16.5. The summed E-state index contributed by atoms with van der Waals surface area (Å²) < 4.78 is 5.41. The van der Waals surface area contributed by atoms with Crippen molar-refractivity contribution < 1.29 is 4.74 Å². The molecule has 2 aliphatic rings. The minimum absolute atomic E-state index is 0.488. The Hall–Kier alpha value is -1.07. The Labute approximate surface area is 109 Å². The summed E-state index contributed by atoms with van der Waals surface area (Å²) in [6.07, 6.45) is 7.59. The maximum atomic E-state index is 7.01. The third-order valence-electron chi connectivity index (χ3n) is 3.89. The van der Waals surface area contributed by atoms with Crippen LogP contribution in [-0.2, 0) is 4.74 Å². The first-order valence-electron chi connectivity index (χ1n) is 6.83. The maximum Gasteiger partial charge on any atom is 0.0652 e. The third-order valence-corrected chi connectivity index (χ3v) is 3.89. The predicted molar refractivity (Wildman–Crippen MR) is 72.6 cm³/mol. The van der Waals surface area contributed by atoms with Crippen LogP contribution in [0.1, 0.15) is 25.7 Å². The third kappa shape index (κ3) is 3.71. The van der Waals surface area contributed by atoms with Crippen molar-refractivity contribution in [3.8, 4) is 0 Å². The summed E-state index contributed by atoms with van der Waals surface area (Å²) >= 11 is 0. The largest absolute Gasteiger partial charge is 0.396 e. The average molecular weight is 252 g/mol. The second-order valence-corrected chi connectivity index (χ2v) is 5.11. The van der Waals surface area contributed by atoms with Crippen molar-refractivity contribution in [1.82, 2.24) is 10.2 Å². The first kappa shape index (κ1) is 13.4. The fourth-order valence-electron chi connectivity index (χ4n) is 2.74. The van der Waals surface area contributed by atoms with Crippen molar-refractivity contribution in [1.29, 1.82) is 5.41 Å². The second-order valence-electron chi connectivity index (χ2n) is 5.11. The van der Waals surface area contributed by atoms with Gasteiger partial charge < -0.3 is 26.1 Å². The van der Waals surface area contributed by atoms with Crippen LogP contribution in [-0.4, -0.2) is 49.5 Å². The lowest BCUT2D eigenvalue weighted by molar-refractivity contribution is 0.0244. The summed E-state index contributed by atoms with van der Waals surface area (Å²) in [5.41, 5.74) is 6.05. The Balaban J connectivity index is 1.72. The summed E-state index contributed by atoms with van der Waals surface area (Å²) in [7, 11) is 0. The Bertz CT molecular complexity index is 291. The van der Waals surface area contributed by atoms with Crippen molar-refractivity contribution in [2.75, 3.05) is 26.3 Å². The van der Waals surface area contributed by atoms with Crippen LogP contribution in [0.5, 0.6) is 0 Å². The fourth-order valence-corrected chi connectivity index (χ4v) is 2.74. The van der Waals surface area contributed by atoms with Crippen molar-refractivity contribution in [3.63, 3.8) is 0 Å². The predicted octanol–water partition coefficient (Wildman–Crippen LogP) is 0.669. The molecule has 0 unspecified atom stereocenters. The molecule has 0 amide bonds. The highest BCUT2D eigenvalue weighted by molar-refractivity contribution is 5.73. The molecule has 2 rings (SSSR count). The molecule has 0 saturated carbocycles. The first-order chi connectivity index (χ1) is 8.79. The number of nitrogens with zero attached hydrogens (tertiary/aromatic N) is 1. The van der Waals surface area contributed by atoms with Crippen molar-refractivity contribution in [2.45, 2.75) is 37.8 Å². The van der Waals surface area contributed by atoms with E-state index in [-0.39, 0.29) is 0 Å². The molecule has 0 spiro atoms. The quantitative estimate of drug-likeness (QED) is 0.643. The van der Waals surface area contributed by atoms with Gasteiger partial charge in [-0.2, -0.15) is 0 Å². The maximum absolute atomic E-state index is 7.01. The standard InChI is InChI=1S/C13H24N4O/c14-9-11(15)10-16-12-1-5-17(6-2-12)13-3-7-18-8-4-13/h9-10,12-14,16H,1-8,15H2/b11-10+,14-9?. The summed E-state index contributed by atoms with van der Waals surface area (Å²) in [5.74, 6) is 0. The van der Waals surface area contributed by atoms with Crippen molar-refractivity contribution in [3.05, 3.63) is 11.9 Å². The molecule has 4 N–H and O–H groups in total. The number of hydrogen-bond donors (Lipinski definition) is 3. The smallest absolute Gasteiger partial charge is 0.0652 e. The number of rotatable bonds is 4. The summed E-state index contributed by atoms with van der Waals surface area (Å²) in [6, 6.07) is 1.22. The molecule has 0 bridgehead atoms. The van der Waals surface area contributed by atoms with Gasteiger partial charge in [-0.15, -0.1) is 0 Å². The molecule has 2 heterocycles. The highest BCUT2D eigenvalue weighted by Crippen LogP contribution is 2.19. The first-order valence-corrected chi connectivity index (χ1v) is 6.83. The minimum atomic E-state index is 0.488. The van der Waals surface area contributed by atoms with Gasteiger partial charge in [-0.1, -0.05) is 0 Å². The van der Waals surface area contributed by atoms with Crippen LogP contribution in [0, 0.1) is 5.41 Å². The Kier molecular flexibility index (Phi) is 5.01. The van der Waals surface area contributed by atoms with Gasteiger partial charge in [0.25, 0.3) is 0 Å². The number of nitrogens with two attached hydrogens (primary N) is 1. The lowest BCUT2D eigenvalue weighted by Gasteiger charge is -2.39. The highest BCUT2D eigenvalue weighted by Gasteiger charge is 2.25. The summed E-state index contributed by atoms with van der Waals surface area (Å²) in [4.78, 5) is 2.60. The molecule has 0 radical (unpaired) electrons. The number of likely N-dealkylation sites (tertiary alicyclic amines) is 1. The number of allylic oxidation sites excluding steroid dienone is 1. The minimum Gasteiger partial charge on any atom is -0.396 e. The van der Waals surface area contributed by atoms with E-state index in [4.69, 9.17) is 15.9 Å². The van der Waals surface area contributed by atoms with Crippen LogP contribution in [0.2, 0.25) is 0 Å². The van der Waals surface area contributed by atoms with Gasteiger partial charge in [0.1, 0.15) is 0 Å². The topological polar surface area (TPSA) is 74.4 Å². The molecule has 102 valence electrons. The van der Waals surface area contributed by atoms with E-state index in [0.29, 0.717) is 11.7 Å². The van der Waals surface area contributed by atoms with Crippen LogP contribution in [0.15, 0.2) is 11.9 Å². The Morgan fingerprint density at radius 2 is 1.89 bits per heavy atom. The second kappa shape index (κ2) is 6.75. The molecule has 0 aromatic heterocycles. The van der Waals surface area contributed by atoms with Gasteiger partial charge in [0.05, 0.1) is 5.70 Å². The number of nitrogens with one attached hydrogen (secondary N) is 2. The normalized spacial score (nSPS) is 25.0. The molecule has 2 aliphatic heterocycles. The van der Waals surface area contributed by atoms with Gasteiger partial charge in [-0.25, -0.2) is 0 Å². The molecule has 5 heteroatoms. The zero-order valence-corrected chi connectivity index (χ0v) is 10.9. The Morgan fingerprint density at radius 1 is 1.22 bits per heavy atom. The van der Waals surface area contributed by atoms with Crippen LogP contribution in [0.4, 0.5) is 0 Å². The van der Waals surface area contributed by atoms with E-state index in [9.17, 15) is 0 Å². The van der Waals surface area contributed by atoms with E-state index < -0.39 is 0 Å². The van der Waals surface area contributed by atoms with Gasteiger partial charge in [0.2, 0.25) is 0 Å². The van der Waals surface area contributed by atoms with E-state index >= 15 is 0 Å². The van der Waals surface area contributed by atoms with Gasteiger partial charge in [-0.3, -0.25) is 0 Å². The summed E-state index contributed by atoms with van der Waals surface area (Å²) in [6.45, 7) is 4.14. The summed E-state index contributed by atoms with van der Waals surface area (Å²) in [5, 5.41) is 10.3. The van der Waals surface area contributed by atoms with E-state index in [2.05, 4.69) is 10.2 Å². The molecule has 2 fully saturated rings. The van der Waals surface area contributed by atoms with Crippen LogP contribution >= 0.6 is 0 Å². The molecule has 0 aromatic rings. The molecule has 0 aliphatic carbocycles. The number of piperidine rings is 1. The molecule has 0 atom stereocenters. The van der Waals surface area contributed by atoms with E-state index in [0.717, 1.165) is 45.2 Å². The zero-order valence-electron chi connectivity index (χ0n) is 10.9. The van der Waals surface area contributed by atoms with Crippen molar-refractivity contribution in [2.24, 2.45) is 5.73 Å². The lowest BCUT2D eigenvalue weighted by atomic mass is 10.00. The molecule has 2 saturated heterocycles. The van der Waals surface area contributed by atoms with Gasteiger partial charge in [0.15, 0.2) is 0 Å². The van der Waals surface area contributed by atoms with Gasteiger partial charge in [0, 0.05) is 50.8 Å². The average Bonchev–Trinajstić information content (AvgIpc) is 2.46. The fraction of sp³-hybridized carbons (Fsp3) is 0.769. The van der Waals surface area contributed by atoms with Crippen LogP contribution in [0.25, 0.3) is 0 Å². The molecule has 18 heavy (non-hydrogen) atoms.